The molecule has 0 aliphatic rings. The van der Waals surface area contributed by atoms with Gasteiger partial charge in [0.05, 0.1) is 0 Å². The van der Waals surface area contributed by atoms with Gasteiger partial charge in [-0.1, -0.05) is 80.4 Å². The highest BCUT2D eigenvalue weighted by molar-refractivity contribution is 6.06. The lowest BCUT2D eigenvalue weighted by atomic mass is 10.0. The zero-order valence-electron chi connectivity index (χ0n) is 12.6. The highest BCUT2D eigenvalue weighted by Crippen LogP contribution is 2.15. The van der Waals surface area contributed by atoms with Crippen LogP contribution < -0.4 is 0 Å². The molecule has 0 spiro atoms. The highest BCUT2D eigenvalue weighted by Gasteiger charge is 2.02. The van der Waals surface area contributed by atoms with Gasteiger partial charge >= 0.3 is 0 Å². The molecule has 108 valence electrons. The number of rotatable bonds is 7. The zero-order valence-corrected chi connectivity index (χ0v) is 12.6. The quantitative estimate of drug-likeness (QED) is 0.381. The van der Waals surface area contributed by atoms with Crippen molar-refractivity contribution in [3.8, 4) is 0 Å². The summed E-state index contributed by atoms with van der Waals surface area (Å²) in [7, 11) is 0. The molecule has 0 aliphatic carbocycles. The molecule has 0 N–H and O–H groups in total. The van der Waals surface area contributed by atoms with E-state index in [1.54, 1.807) is 6.08 Å². The van der Waals surface area contributed by atoms with Crippen LogP contribution in [0, 0.1) is 0 Å². The predicted molar refractivity (Wildman–Crippen MR) is 89.5 cm³/mol. The summed E-state index contributed by atoms with van der Waals surface area (Å²) in [6.07, 6.45) is 8.37. The molecule has 2 rings (SSSR count). The molecule has 2 aromatic carbocycles. The third-order valence-electron chi connectivity index (χ3n) is 3.58. The van der Waals surface area contributed by atoms with Crippen molar-refractivity contribution < 1.29 is 4.79 Å². The minimum absolute atomic E-state index is 0.0546. The Morgan fingerprint density at radius 3 is 2.43 bits per heavy atom. The molecule has 0 radical (unpaired) electrons. The molecule has 0 amide bonds. The molecular formula is C20H22O. The van der Waals surface area contributed by atoms with Gasteiger partial charge in [0.15, 0.2) is 5.78 Å². The van der Waals surface area contributed by atoms with Gasteiger partial charge in [-0.2, -0.15) is 0 Å². The van der Waals surface area contributed by atoms with Crippen LogP contribution in [-0.2, 0) is 6.42 Å². The van der Waals surface area contributed by atoms with Gasteiger partial charge in [-0.3, -0.25) is 4.79 Å². The van der Waals surface area contributed by atoms with E-state index in [2.05, 4.69) is 25.1 Å². The second-order valence-electron chi connectivity index (χ2n) is 5.22. The van der Waals surface area contributed by atoms with E-state index in [4.69, 9.17) is 0 Å². The van der Waals surface area contributed by atoms with E-state index in [1.807, 2.05) is 42.5 Å². The summed E-state index contributed by atoms with van der Waals surface area (Å²) in [5.74, 6) is 0.0546. The fourth-order valence-corrected chi connectivity index (χ4v) is 2.35. The monoisotopic (exact) mass is 278 g/mol. The fraction of sp³-hybridized carbons (Fsp3) is 0.250. The molecule has 0 saturated heterocycles. The number of allylic oxidation sites excluding steroid dienone is 1. The van der Waals surface area contributed by atoms with Crippen LogP contribution in [-0.4, -0.2) is 5.78 Å². The molecule has 1 heteroatoms. The Labute approximate surface area is 127 Å². The van der Waals surface area contributed by atoms with Gasteiger partial charge in [0.2, 0.25) is 0 Å². The number of hydrogen-bond acceptors (Lipinski definition) is 1. The second-order valence-corrected chi connectivity index (χ2v) is 5.22. The lowest BCUT2D eigenvalue weighted by Crippen LogP contribution is -1.94. The molecule has 2 aromatic rings. The molecular weight excluding hydrogens is 256 g/mol. The Balaban J connectivity index is 2.08. The van der Waals surface area contributed by atoms with Crippen LogP contribution >= 0.6 is 0 Å². The number of benzene rings is 2. The first-order valence-corrected chi connectivity index (χ1v) is 7.66. The van der Waals surface area contributed by atoms with Crippen LogP contribution in [0.15, 0.2) is 60.7 Å². The lowest BCUT2D eigenvalue weighted by Gasteiger charge is -2.05. The van der Waals surface area contributed by atoms with Gasteiger partial charge in [-0.05, 0) is 30.0 Å². The Kier molecular flexibility index (Phi) is 5.96. The summed E-state index contributed by atoms with van der Waals surface area (Å²) in [5.41, 5.74) is 3.21. The van der Waals surface area contributed by atoms with Crippen LogP contribution in [0.2, 0.25) is 0 Å². The number of carbonyl (C=O) groups is 1. The molecule has 0 aliphatic heterocycles. The summed E-state index contributed by atoms with van der Waals surface area (Å²) < 4.78 is 0. The first-order chi connectivity index (χ1) is 10.3. The maximum Gasteiger partial charge on any atom is 0.185 e. The number of ketones is 1. The first-order valence-electron chi connectivity index (χ1n) is 7.66. The topological polar surface area (TPSA) is 17.1 Å². The number of aryl methyl sites for hydroxylation is 1. The summed E-state index contributed by atoms with van der Waals surface area (Å²) >= 11 is 0. The van der Waals surface area contributed by atoms with E-state index in [0.29, 0.717) is 0 Å². The van der Waals surface area contributed by atoms with Crippen molar-refractivity contribution in [1.29, 1.82) is 0 Å². The minimum Gasteiger partial charge on any atom is -0.289 e. The first kappa shape index (κ1) is 15.2. The standard InChI is InChI=1S/C20H22O/c1-2-3-5-10-17-11-8-9-12-18(17)15-16-20(21)19-13-6-4-7-14-19/h4,6-9,11-16H,2-3,5,10H2,1H3. The van der Waals surface area contributed by atoms with Gasteiger partial charge < -0.3 is 0 Å². The third kappa shape index (κ3) is 4.71. The van der Waals surface area contributed by atoms with Crippen molar-refractivity contribution >= 4 is 11.9 Å². The van der Waals surface area contributed by atoms with Crippen LogP contribution in [0.25, 0.3) is 6.08 Å². The molecule has 0 atom stereocenters. The average molecular weight is 278 g/mol. The summed E-state index contributed by atoms with van der Waals surface area (Å²) in [5, 5.41) is 0. The maximum absolute atomic E-state index is 12.1. The SMILES string of the molecule is CCCCCc1ccccc1C=CC(=O)c1ccccc1. The molecule has 1 nitrogen and oxygen atoms in total. The predicted octanol–water partition coefficient (Wildman–Crippen LogP) is 5.32. The molecule has 0 aromatic heterocycles. The fourth-order valence-electron chi connectivity index (χ4n) is 2.35. The van der Waals surface area contributed by atoms with E-state index < -0.39 is 0 Å². The Bertz CT molecular complexity index is 596. The van der Waals surface area contributed by atoms with Crippen LogP contribution in [0.3, 0.4) is 0 Å². The van der Waals surface area contributed by atoms with Crippen molar-refractivity contribution in [2.45, 2.75) is 32.6 Å². The zero-order chi connectivity index (χ0) is 14.9. The van der Waals surface area contributed by atoms with Crippen molar-refractivity contribution in [2.24, 2.45) is 0 Å². The highest BCUT2D eigenvalue weighted by atomic mass is 16.1. The molecule has 21 heavy (non-hydrogen) atoms. The second kappa shape index (κ2) is 8.21. The average Bonchev–Trinajstić information content (AvgIpc) is 2.54. The molecule has 0 bridgehead atoms. The molecule has 0 unspecified atom stereocenters. The van der Waals surface area contributed by atoms with Gasteiger partial charge in [-0.15, -0.1) is 0 Å². The Hall–Kier alpha value is -2.15. The van der Waals surface area contributed by atoms with E-state index >= 15 is 0 Å². The number of carbonyl (C=O) groups excluding carboxylic acids is 1. The molecule has 0 saturated carbocycles. The van der Waals surface area contributed by atoms with E-state index in [9.17, 15) is 4.79 Å². The van der Waals surface area contributed by atoms with Crippen molar-refractivity contribution in [2.75, 3.05) is 0 Å². The van der Waals surface area contributed by atoms with Crippen LogP contribution in [0.1, 0.15) is 47.7 Å². The van der Waals surface area contributed by atoms with Gasteiger partial charge in [0, 0.05) is 5.56 Å². The van der Waals surface area contributed by atoms with Crippen molar-refractivity contribution in [1.82, 2.24) is 0 Å². The van der Waals surface area contributed by atoms with Crippen molar-refractivity contribution in [3.63, 3.8) is 0 Å². The van der Waals surface area contributed by atoms with Gasteiger partial charge in [-0.25, -0.2) is 0 Å². The van der Waals surface area contributed by atoms with E-state index in [-0.39, 0.29) is 5.78 Å². The smallest absolute Gasteiger partial charge is 0.185 e. The van der Waals surface area contributed by atoms with Gasteiger partial charge in [0.25, 0.3) is 0 Å². The van der Waals surface area contributed by atoms with Crippen molar-refractivity contribution in [3.05, 3.63) is 77.4 Å². The lowest BCUT2D eigenvalue weighted by molar-refractivity contribution is 0.104. The van der Waals surface area contributed by atoms with Crippen LogP contribution in [0.4, 0.5) is 0 Å². The number of unbranched alkanes of at least 4 members (excludes halogenated alkanes) is 2. The summed E-state index contributed by atoms with van der Waals surface area (Å²) in [6.45, 7) is 2.21. The third-order valence-corrected chi connectivity index (χ3v) is 3.58. The maximum atomic E-state index is 12.1. The Morgan fingerprint density at radius 2 is 1.67 bits per heavy atom. The number of hydrogen-bond donors (Lipinski definition) is 0. The normalized spacial score (nSPS) is 10.9. The molecule has 0 fully saturated rings. The Morgan fingerprint density at radius 1 is 0.952 bits per heavy atom. The van der Waals surface area contributed by atoms with E-state index in [0.717, 1.165) is 17.5 Å². The van der Waals surface area contributed by atoms with Crippen LogP contribution in [0.5, 0.6) is 0 Å². The van der Waals surface area contributed by atoms with Gasteiger partial charge in [0.1, 0.15) is 0 Å². The summed E-state index contributed by atoms with van der Waals surface area (Å²) in [4.78, 5) is 12.1. The largest absolute Gasteiger partial charge is 0.289 e. The molecule has 0 heterocycles. The summed E-state index contributed by atoms with van der Waals surface area (Å²) in [6, 6.07) is 17.7. The minimum atomic E-state index is 0.0546. The van der Waals surface area contributed by atoms with E-state index in [1.165, 1.54) is 24.8 Å².